The molecule has 3 aromatic carbocycles. The quantitative estimate of drug-likeness (QED) is 0.0758. The Morgan fingerprint density at radius 2 is 1.38 bits per heavy atom. The molecule has 274 valence electrons. The van der Waals surface area contributed by atoms with E-state index in [1.165, 1.54) is 42.6 Å². The number of thiocarbonyl (C=S) groups is 1. The molecular weight excluding hydrogens is 680 g/mol. The van der Waals surface area contributed by atoms with Crippen LogP contribution in [-0.2, 0) is 26.7 Å². The van der Waals surface area contributed by atoms with Crippen LogP contribution in [0.4, 0.5) is 4.39 Å². The van der Waals surface area contributed by atoms with Gasteiger partial charge in [0.15, 0.2) is 9.84 Å². The number of alkyl halides is 1. The average molecular weight is 739 g/mol. The van der Waals surface area contributed by atoms with Gasteiger partial charge in [0.05, 0.1) is 17.6 Å². The number of hydrogen-bond donors (Lipinski definition) is 0. The zero-order valence-corrected chi connectivity index (χ0v) is 33.0. The molecule has 1 saturated carbocycles. The number of sulfone groups is 1. The topological polar surface area (TPSA) is 43.4 Å². The largest absolute Gasteiger partial charge is 0.378 e. The maximum Gasteiger partial charge on any atom is 0.154 e. The molecule has 0 N–H and O–H groups in total. The molecule has 3 aromatic rings. The van der Waals surface area contributed by atoms with E-state index in [1.54, 1.807) is 11.8 Å². The van der Waals surface area contributed by atoms with Crippen LogP contribution in [-0.4, -0.2) is 37.9 Å². The Bertz CT molecular complexity index is 1510. The summed E-state index contributed by atoms with van der Waals surface area (Å²) in [5.41, 5.74) is 4.22. The van der Waals surface area contributed by atoms with Gasteiger partial charge < -0.3 is 4.74 Å². The van der Waals surface area contributed by atoms with Gasteiger partial charge in [-0.1, -0.05) is 125 Å². The van der Waals surface area contributed by atoms with Gasteiger partial charge in [0.1, 0.15) is 6.17 Å². The average Bonchev–Trinajstić information content (AvgIpc) is 3.11. The van der Waals surface area contributed by atoms with Crippen molar-refractivity contribution in [2.24, 2.45) is 11.8 Å². The normalized spacial score (nSPS) is 17.8. The Labute approximate surface area is 312 Å². The van der Waals surface area contributed by atoms with E-state index in [0.717, 1.165) is 84.4 Å². The molecule has 0 bridgehead atoms. The lowest BCUT2D eigenvalue weighted by atomic mass is 9.89. The van der Waals surface area contributed by atoms with Crippen molar-refractivity contribution in [2.45, 2.75) is 138 Å². The molecule has 0 amide bonds. The van der Waals surface area contributed by atoms with Gasteiger partial charge in [-0.05, 0) is 115 Å². The van der Waals surface area contributed by atoms with Crippen molar-refractivity contribution >= 4 is 38.7 Å². The monoisotopic (exact) mass is 738 g/mol. The standard InChI is InChI=1S/C43H59FO3S3/c1-4-6-7-8-9-10-29-47-39-22-14-36(15-23-39)32-50(45,46)31-35-12-18-37(19-13-35)38-20-27-42(28-21-38)49-41-25-16-34(17-26-41)30-40(48)24-11-33(3)43(44)5-2/h12-13,16-21,25-28,33,36,39,43H,4-11,14-15,22-24,29-32H2,1-3H3. The number of ether oxygens (including phenoxy) is 1. The number of unbranched alkanes of at least 4 members (excludes halogenated alkanes) is 5. The molecule has 1 fully saturated rings. The highest BCUT2D eigenvalue weighted by Gasteiger charge is 2.26. The molecule has 0 aromatic heterocycles. The van der Waals surface area contributed by atoms with Crippen molar-refractivity contribution < 1.29 is 17.5 Å². The summed E-state index contributed by atoms with van der Waals surface area (Å²) in [6.07, 6.45) is 13.9. The van der Waals surface area contributed by atoms with Crippen molar-refractivity contribution in [1.29, 1.82) is 0 Å². The van der Waals surface area contributed by atoms with Crippen molar-refractivity contribution in [3.8, 4) is 11.1 Å². The Kier molecular flexibility index (Phi) is 17.5. The lowest BCUT2D eigenvalue weighted by Gasteiger charge is -2.28. The SMILES string of the molecule is CCCCCCCCOC1CCC(CS(=O)(=O)Cc2ccc(-c3ccc(Sc4ccc(CC(=S)CCC(C)C(F)CC)cc4)cc3)cc2)CC1. The molecule has 0 saturated heterocycles. The predicted molar refractivity (Wildman–Crippen MR) is 215 cm³/mol. The smallest absolute Gasteiger partial charge is 0.154 e. The summed E-state index contributed by atoms with van der Waals surface area (Å²) in [5, 5.41) is 0. The fraction of sp³-hybridized carbons (Fsp3) is 0.558. The molecule has 2 unspecified atom stereocenters. The van der Waals surface area contributed by atoms with Crippen molar-refractivity contribution in [2.75, 3.05) is 12.4 Å². The summed E-state index contributed by atoms with van der Waals surface area (Å²) in [6.45, 7) is 6.95. The van der Waals surface area contributed by atoms with Gasteiger partial charge in [-0.15, -0.1) is 0 Å². The van der Waals surface area contributed by atoms with Gasteiger partial charge in [0.2, 0.25) is 0 Å². The summed E-state index contributed by atoms with van der Waals surface area (Å²) in [6, 6.07) is 25.0. The predicted octanol–water partition coefficient (Wildman–Crippen LogP) is 12.4. The third-order valence-corrected chi connectivity index (χ3v) is 13.2. The zero-order valence-electron chi connectivity index (χ0n) is 30.6. The number of rotatable bonds is 22. The minimum atomic E-state index is -3.18. The maximum atomic E-state index is 13.9. The van der Waals surface area contributed by atoms with Gasteiger partial charge >= 0.3 is 0 Å². The van der Waals surface area contributed by atoms with Crippen LogP contribution < -0.4 is 0 Å². The Balaban J connectivity index is 1.17. The molecule has 1 aliphatic rings. The van der Waals surface area contributed by atoms with Gasteiger partial charge in [-0.25, -0.2) is 12.8 Å². The van der Waals surface area contributed by atoms with E-state index in [1.807, 2.05) is 38.1 Å². The molecule has 50 heavy (non-hydrogen) atoms. The maximum absolute atomic E-state index is 13.9. The fourth-order valence-corrected chi connectivity index (χ4v) is 9.85. The van der Waals surface area contributed by atoms with Gasteiger partial charge in [0, 0.05) is 22.8 Å². The van der Waals surface area contributed by atoms with Crippen molar-refractivity contribution in [3.63, 3.8) is 0 Å². The van der Waals surface area contributed by atoms with Gasteiger partial charge in [-0.3, -0.25) is 0 Å². The third kappa shape index (κ3) is 14.5. The molecule has 4 rings (SSSR count). The van der Waals surface area contributed by atoms with E-state index in [2.05, 4.69) is 55.5 Å². The third-order valence-electron chi connectivity index (χ3n) is 10.1. The van der Waals surface area contributed by atoms with Crippen LogP contribution in [0.25, 0.3) is 11.1 Å². The second kappa shape index (κ2) is 21.5. The van der Waals surface area contributed by atoms with Gasteiger partial charge in [0.25, 0.3) is 0 Å². The molecule has 0 radical (unpaired) electrons. The minimum absolute atomic E-state index is 0.0526. The van der Waals surface area contributed by atoms with Crippen LogP contribution in [0.15, 0.2) is 82.6 Å². The first-order valence-corrected chi connectivity index (χ1v) is 22.1. The molecule has 3 nitrogen and oxygen atoms in total. The van der Waals surface area contributed by atoms with Crippen LogP contribution in [0.3, 0.4) is 0 Å². The highest BCUT2D eigenvalue weighted by molar-refractivity contribution is 7.99. The van der Waals surface area contributed by atoms with Gasteiger partial charge in [-0.2, -0.15) is 0 Å². The van der Waals surface area contributed by atoms with E-state index >= 15 is 0 Å². The Morgan fingerprint density at radius 1 is 0.820 bits per heavy atom. The molecule has 0 heterocycles. The zero-order chi connectivity index (χ0) is 35.8. The van der Waals surface area contributed by atoms with Crippen LogP contribution in [0.5, 0.6) is 0 Å². The number of halogens is 1. The highest BCUT2D eigenvalue weighted by atomic mass is 32.2. The summed E-state index contributed by atoms with van der Waals surface area (Å²) in [5.74, 6) is 0.660. The van der Waals surface area contributed by atoms with Crippen molar-refractivity contribution in [1.82, 2.24) is 0 Å². The highest BCUT2D eigenvalue weighted by Crippen LogP contribution is 2.31. The van der Waals surface area contributed by atoms with Crippen LogP contribution >= 0.6 is 24.0 Å². The fourth-order valence-electron chi connectivity index (χ4n) is 6.88. The second-order valence-electron chi connectivity index (χ2n) is 14.5. The van der Waals surface area contributed by atoms with E-state index < -0.39 is 16.0 Å². The second-order valence-corrected chi connectivity index (χ2v) is 18.3. The summed E-state index contributed by atoms with van der Waals surface area (Å²) in [7, 11) is -3.18. The van der Waals surface area contributed by atoms with Crippen LogP contribution in [0.2, 0.25) is 0 Å². The van der Waals surface area contributed by atoms with E-state index in [0.29, 0.717) is 12.5 Å². The lowest BCUT2D eigenvalue weighted by Crippen LogP contribution is -2.27. The molecule has 0 spiro atoms. The molecule has 1 aliphatic carbocycles. The van der Waals surface area contributed by atoms with E-state index in [9.17, 15) is 12.8 Å². The molecular formula is C43H59FO3S3. The lowest BCUT2D eigenvalue weighted by molar-refractivity contribution is 0.0181. The first-order chi connectivity index (χ1) is 24.1. The molecule has 7 heteroatoms. The van der Waals surface area contributed by atoms with Crippen LogP contribution in [0, 0.1) is 11.8 Å². The Hall–Kier alpha value is -2.06. The van der Waals surface area contributed by atoms with E-state index in [-0.39, 0.29) is 23.3 Å². The summed E-state index contributed by atoms with van der Waals surface area (Å²) >= 11 is 7.32. The van der Waals surface area contributed by atoms with E-state index in [4.69, 9.17) is 17.0 Å². The van der Waals surface area contributed by atoms with Crippen LogP contribution in [0.1, 0.15) is 115 Å². The first-order valence-electron chi connectivity index (χ1n) is 19.1. The summed E-state index contributed by atoms with van der Waals surface area (Å²) < 4.78 is 46.2. The van der Waals surface area contributed by atoms with Crippen molar-refractivity contribution in [3.05, 3.63) is 83.9 Å². The number of hydrogen-bond acceptors (Lipinski definition) is 5. The minimum Gasteiger partial charge on any atom is -0.378 e. The first kappa shape index (κ1) is 40.7. The molecule has 0 aliphatic heterocycles. The Morgan fingerprint density at radius 3 is 2.00 bits per heavy atom. The number of benzene rings is 3. The summed E-state index contributed by atoms with van der Waals surface area (Å²) in [4.78, 5) is 3.31. The molecule has 2 atom stereocenters.